The van der Waals surface area contributed by atoms with Crippen LogP contribution >= 0.6 is 0 Å². The van der Waals surface area contributed by atoms with Gasteiger partial charge >= 0.3 is 0 Å². The smallest absolute Gasteiger partial charge is 0.248 e. The molecule has 0 aliphatic carbocycles. The first kappa shape index (κ1) is 11.9. The summed E-state index contributed by atoms with van der Waals surface area (Å²) in [4.78, 5) is 18.0. The van der Waals surface area contributed by atoms with Gasteiger partial charge < -0.3 is 15.4 Å². The summed E-state index contributed by atoms with van der Waals surface area (Å²) in [6.45, 7) is 3.19. The van der Waals surface area contributed by atoms with Gasteiger partial charge in [0, 0.05) is 24.0 Å². The van der Waals surface area contributed by atoms with Crippen LogP contribution in [0.2, 0.25) is 0 Å². The summed E-state index contributed by atoms with van der Waals surface area (Å²) in [5, 5.41) is 0.924. The van der Waals surface area contributed by atoms with Crippen molar-refractivity contribution in [2.75, 3.05) is 31.2 Å². The van der Waals surface area contributed by atoms with Gasteiger partial charge in [-0.25, -0.2) is 4.98 Å². The summed E-state index contributed by atoms with van der Waals surface area (Å²) in [6.07, 6.45) is 0. The number of carbonyl (C=O) groups excluding carboxylic acids is 1. The summed E-state index contributed by atoms with van der Waals surface area (Å²) in [5.41, 5.74) is 6.65. The monoisotopic (exact) mass is 257 g/mol. The lowest BCUT2D eigenvalue weighted by Crippen LogP contribution is -2.36. The zero-order chi connectivity index (χ0) is 13.2. The van der Waals surface area contributed by atoms with Crippen LogP contribution < -0.4 is 10.6 Å². The summed E-state index contributed by atoms with van der Waals surface area (Å²) >= 11 is 0. The highest BCUT2D eigenvalue weighted by molar-refractivity contribution is 5.97. The lowest BCUT2D eigenvalue weighted by atomic mass is 10.1. The normalized spacial score (nSPS) is 15.7. The molecule has 2 heterocycles. The van der Waals surface area contributed by atoms with E-state index in [0.717, 1.165) is 43.0 Å². The van der Waals surface area contributed by atoms with Crippen LogP contribution in [0.3, 0.4) is 0 Å². The SMILES string of the molecule is NC(=O)c1ccc2nc(N3CCOCC3)ccc2c1. The number of primary amides is 1. The Morgan fingerprint density at radius 2 is 2.00 bits per heavy atom. The Bertz CT molecular complexity index is 621. The number of rotatable bonds is 2. The van der Waals surface area contributed by atoms with Crippen molar-refractivity contribution in [1.82, 2.24) is 4.98 Å². The molecule has 1 aromatic carbocycles. The Hall–Kier alpha value is -2.14. The zero-order valence-corrected chi connectivity index (χ0v) is 10.5. The van der Waals surface area contributed by atoms with Crippen LogP contribution in [0.25, 0.3) is 10.9 Å². The molecule has 2 aromatic rings. The molecule has 3 rings (SSSR count). The van der Waals surface area contributed by atoms with Crippen molar-refractivity contribution in [2.24, 2.45) is 5.73 Å². The average molecular weight is 257 g/mol. The van der Waals surface area contributed by atoms with E-state index in [1.54, 1.807) is 12.1 Å². The number of carbonyl (C=O) groups is 1. The Balaban J connectivity index is 1.97. The van der Waals surface area contributed by atoms with Crippen molar-refractivity contribution in [3.63, 3.8) is 0 Å². The second-order valence-corrected chi connectivity index (χ2v) is 4.54. The summed E-state index contributed by atoms with van der Waals surface area (Å²) in [6, 6.07) is 9.26. The first-order valence-electron chi connectivity index (χ1n) is 6.27. The van der Waals surface area contributed by atoms with Gasteiger partial charge in [0.15, 0.2) is 0 Å². The number of hydrogen-bond donors (Lipinski definition) is 1. The maximum Gasteiger partial charge on any atom is 0.248 e. The molecular weight excluding hydrogens is 242 g/mol. The highest BCUT2D eigenvalue weighted by Crippen LogP contribution is 2.20. The fourth-order valence-corrected chi connectivity index (χ4v) is 2.24. The van der Waals surface area contributed by atoms with E-state index in [9.17, 15) is 4.79 Å². The van der Waals surface area contributed by atoms with Gasteiger partial charge in [-0.2, -0.15) is 0 Å². The first-order valence-corrected chi connectivity index (χ1v) is 6.27. The third-order valence-corrected chi connectivity index (χ3v) is 3.29. The maximum atomic E-state index is 11.1. The van der Waals surface area contributed by atoms with Gasteiger partial charge in [-0.05, 0) is 30.3 Å². The molecular formula is C14H15N3O2. The van der Waals surface area contributed by atoms with Crippen molar-refractivity contribution in [3.05, 3.63) is 35.9 Å². The second-order valence-electron chi connectivity index (χ2n) is 4.54. The number of benzene rings is 1. The van der Waals surface area contributed by atoms with Crippen LogP contribution in [0.15, 0.2) is 30.3 Å². The molecule has 2 N–H and O–H groups in total. The number of anilines is 1. The number of nitrogens with zero attached hydrogens (tertiary/aromatic N) is 2. The average Bonchev–Trinajstić information content (AvgIpc) is 2.47. The van der Waals surface area contributed by atoms with Gasteiger partial charge in [0.2, 0.25) is 5.91 Å². The third-order valence-electron chi connectivity index (χ3n) is 3.29. The Morgan fingerprint density at radius 3 is 2.74 bits per heavy atom. The number of morpholine rings is 1. The number of nitrogens with two attached hydrogens (primary N) is 1. The molecule has 5 nitrogen and oxygen atoms in total. The van der Waals surface area contributed by atoms with Crippen molar-refractivity contribution in [1.29, 1.82) is 0 Å². The lowest BCUT2D eigenvalue weighted by molar-refractivity contribution is 0.100. The number of hydrogen-bond acceptors (Lipinski definition) is 4. The topological polar surface area (TPSA) is 68.5 Å². The Kier molecular flexibility index (Phi) is 3.05. The van der Waals surface area contributed by atoms with E-state index in [1.165, 1.54) is 0 Å². The minimum atomic E-state index is -0.417. The number of pyridine rings is 1. The summed E-state index contributed by atoms with van der Waals surface area (Å²) in [7, 11) is 0. The molecule has 98 valence electrons. The molecule has 19 heavy (non-hydrogen) atoms. The van der Waals surface area contributed by atoms with Crippen molar-refractivity contribution in [2.45, 2.75) is 0 Å². The van der Waals surface area contributed by atoms with E-state index in [1.807, 2.05) is 18.2 Å². The fraction of sp³-hybridized carbons (Fsp3) is 0.286. The van der Waals surface area contributed by atoms with Crippen molar-refractivity contribution < 1.29 is 9.53 Å². The van der Waals surface area contributed by atoms with Crippen LogP contribution in [0, 0.1) is 0 Å². The standard InChI is InChI=1S/C14H15N3O2/c15-14(18)11-1-3-12-10(9-11)2-4-13(16-12)17-5-7-19-8-6-17/h1-4,9H,5-8H2,(H2,15,18). The molecule has 1 aliphatic rings. The molecule has 0 spiro atoms. The number of fused-ring (bicyclic) bond motifs is 1. The number of ether oxygens (including phenoxy) is 1. The van der Waals surface area contributed by atoms with Gasteiger partial charge in [0.1, 0.15) is 5.82 Å². The Morgan fingerprint density at radius 1 is 1.21 bits per heavy atom. The highest BCUT2D eigenvalue weighted by atomic mass is 16.5. The van der Waals surface area contributed by atoms with E-state index in [4.69, 9.17) is 10.5 Å². The third kappa shape index (κ3) is 2.37. The zero-order valence-electron chi connectivity index (χ0n) is 10.5. The first-order chi connectivity index (χ1) is 9.24. The minimum absolute atomic E-state index is 0.417. The van der Waals surface area contributed by atoms with E-state index in [2.05, 4.69) is 9.88 Å². The fourth-order valence-electron chi connectivity index (χ4n) is 2.24. The molecule has 1 amide bonds. The van der Waals surface area contributed by atoms with Crippen LogP contribution in [0.1, 0.15) is 10.4 Å². The van der Waals surface area contributed by atoms with Crippen LogP contribution in [-0.4, -0.2) is 37.2 Å². The summed E-state index contributed by atoms with van der Waals surface area (Å²) in [5.74, 6) is 0.529. The lowest BCUT2D eigenvalue weighted by Gasteiger charge is -2.27. The van der Waals surface area contributed by atoms with Crippen LogP contribution in [0.4, 0.5) is 5.82 Å². The molecule has 1 aliphatic heterocycles. The van der Waals surface area contributed by atoms with Gasteiger partial charge in [0.05, 0.1) is 18.7 Å². The predicted molar refractivity (Wildman–Crippen MR) is 73.3 cm³/mol. The molecule has 0 atom stereocenters. The number of aromatic nitrogens is 1. The molecule has 0 saturated carbocycles. The molecule has 1 saturated heterocycles. The molecule has 0 radical (unpaired) electrons. The van der Waals surface area contributed by atoms with E-state index in [-0.39, 0.29) is 0 Å². The van der Waals surface area contributed by atoms with Crippen molar-refractivity contribution >= 4 is 22.6 Å². The molecule has 0 bridgehead atoms. The summed E-state index contributed by atoms with van der Waals surface area (Å²) < 4.78 is 5.33. The molecule has 1 aromatic heterocycles. The van der Waals surface area contributed by atoms with Crippen LogP contribution in [0.5, 0.6) is 0 Å². The predicted octanol–water partition coefficient (Wildman–Crippen LogP) is 1.17. The Labute approximate surface area is 111 Å². The van der Waals surface area contributed by atoms with E-state index < -0.39 is 5.91 Å². The van der Waals surface area contributed by atoms with Crippen molar-refractivity contribution in [3.8, 4) is 0 Å². The maximum absolute atomic E-state index is 11.1. The van der Waals surface area contributed by atoms with Crippen LogP contribution in [-0.2, 0) is 4.74 Å². The molecule has 5 heteroatoms. The van der Waals surface area contributed by atoms with Gasteiger partial charge in [-0.15, -0.1) is 0 Å². The number of amides is 1. The van der Waals surface area contributed by atoms with E-state index in [0.29, 0.717) is 5.56 Å². The van der Waals surface area contributed by atoms with Gasteiger partial charge in [-0.1, -0.05) is 0 Å². The minimum Gasteiger partial charge on any atom is -0.378 e. The second kappa shape index (κ2) is 4.85. The van der Waals surface area contributed by atoms with E-state index >= 15 is 0 Å². The largest absolute Gasteiger partial charge is 0.378 e. The van der Waals surface area contributed by atoms with Gasteiger partial charge in [0.25, 0.3) is 0 Å². The molecule has 1 fully saturated rings. The van der Waals surface area contributed by atoms with Gasteiger partial charge in [-0.3, -0.25) is 4.79 Å². The highest BCUT2D eigenvalue weighted by Gasteiger charge is 2.12. The molecule has 0 unspecified atom stereocenters. The quantitative estimate of drug-likeness (QED) is 0.877.